The van der Waals surface area contributed by atoms with Crippen LogP contribution in [0, 0.1) is 0 Å². The quantitative estimate of drug-likeness (QED) is 0.0913. The molecule has 0 amide bonds. The summed E-state index contributed by atoms with van der Waals surface area (Å²) >= 11 is 5.86. The van der Waals surface area contributed by atoms with Gasteiger partial charge in [0.25, 0.3) is 0 Å². The van der Waals surface area contributed by atoms with E-state index in [0.717, 1.165) is 12.8 Å². The van der Waals surface area contributed by atoms with Crippen molar-refractivity contribution in [1.82, 2.24) is 0 Å². The summed E-state index contributed by atoms with van der Waals surface area (Å²) < 4.78 is 61.4. The summed E-state index contributed by atoms with van der Waals surface area (Å²) in [5, 5.41) is 0. The summed E-state index contributed by atoms with van der Waals surface area (Å²) in [5.74, 6) is -3.04. The van der Waals surface area contributed by atoms with Gasteiger partial charge in [-0.15, -0.1) is 11.6 Å². The van der Waals surface area contributed by atoms with Crippen molar-refractivity contribution in [3.8, 4) is 0 Å². The lowest BCUT2D eigenvalue weighted by Gasteiger charge is -2.47. The van der Waals surface area contributed by atoms with Crippen LogP contribution in [0.1, 0.15) is 113 Å². The molecule has 3 saturated heterocycles. The molecule has 4 aliphatic heterocycles. The molecule has 13 nitrogen and oxygen atoms in total. The fraction of sp³-hybridized carbons (Fsp3) is 0.865. The molecule has 0 aliphatic carbocycles. The van der Waals surface area contributed by atoms with Crippen LogP contribution in [0.3, 0.4) is 0 Å². The van der Waals surface area contributed by atoms with E-state index in [-0.39, 0.29) is 5.78 Å². The average molecular weight is 747 g/mol. The highest BCUT2D eigenvalue weighted by atomic mass is 35.5. The second kappa shape index (κ2) is 20.1. The Morgan fingerprint density at radius 3 is 2.00 bits per heavy atom. The second-order valence-electron chi connectivity index (χ2n) is 14.3. The maximum atomic E-state index is 12.7. The van der Waals surface area contributed by atoms with Gasteiger partial charge in [0.1, 0.15) is 36.4 Å². The normalized spacial score (nSPS) is 36.1. The Morgan fingerprint density at radius 1 is 0.765 bits per heavy atom. The molecule has 0 aromatic heterocycles. The van der Waals surface area contributed by atoms with Crippen molar-refractivity contribution in [3.63, 3.8) is 0 Å². The number of fused-ring (bicyclic) bond motifs is 1. The van der Waals surface area contributed by atoms with Crippen LogP contribution < -0.4 is 0 Å². The van der Waals surface area contributed by atoms with Crippen LogP contribution in [0.25, 0.3) is 0 Å². The number of hydrogen-bond acceptors (Lipinski definition) is 13. The molecule has 51 heavy (non-hydrogen) atoms. The molecule has 0 bridgehead atoms. The van der Waals surface area contributed by atoms with Gasteiger partial charge in [0, 0.05) is 13.5 Å². The Bertz CT molecular complexity index is 1150. The van der Waals surface area contributed by atoms with Gasteiger partial charge in [-0.3, -0.25) is 14.4 Å². The number of halogens is 1. The number of rotatable bonds is 19. The van der Waals surface area contributed by atoms with Crippen LogP contribution >= 0.6 is 11.6 Å². The van der Waals surface area contributed by atoms with E-state index in [1.165, 1.54) is 70.4 Å². The maximum absolute atomic E-state index is 12.7. The van der Waals surface area contributed by atoms with Crippen LogP contribution in [0.5, 0.6) is 0 Å². The number of ether oxygens (including phenoxy) is 10. The monoisotopic (exact) mass is 746 g/mol. The van der Waals surface area contributed by atoms with Gasteiger partial charge in [-0.25, -0.2) is 0 Å². The van der Waals surface area contributed by atoms with Crippen molar-refractivity contribution < 1.29 is 61.8 Å². The van der Waals surface area contributed by atoms with E-state index >= 15 is 0 Å². The Hall–Kier alpha value is -1.68. The molecule has 292 valence electrons. The van der Waals surface area contributed by atoms with Gasteiger partial charge in [0.05, 0.1) is 12.2 Å². The maximum Gasteiger partial charge on any atom is 0.321 e. The number of carbonyl (C=O) groups excluding carboxylic acids is 3. The molecular weight excluding hydrogens is 688 g/mol. The van der Waals surface area contributed by atoms with Gasteiger partial charge in [0.2, 0.25) is 0 Å². The third-order valence-corrected chi connectivity index (χ3v) is 9.71. The molecule has 0 spiro atoms. The van der Waals surface area contributed by atoms with E-state index in [9.17, 15) is 14.4 Å². The Balaban J connectivity index is 1.44. The van der Waals surface area contributed by atoms with Crippen molar-refractivity contribution in [2.45, 2.75) is 192 Å². The SMILES string of the molecule is CCCCCCCCCCCCO[C@@H]1O[C@@H](C)[C@H](O[C@@H]2O[C@@H](C)[C@H](OC(C)=O)[C@@H](O[C@H]3C=CC(=O)[C@H](C)O3)[C@H]2OC(=O)CCl)[C@H]2OC(C)(C)O[C@@H]12. The van der Waals surface area contributed by atoms with E-state index in [1.807, 2.05) is 20.8 Å². The topological polar surface area (TPSA) is 144 Å². The highest BCUT2D eigenvalue weighted by molar-refractivity contribution is 6.26. The van der Waals surface area contributed by atoms with E-state index in [0.29, 0.717) is 6.61 Å². The summed E-state index contributed by atoms with van der Waals surface area (Å²) in [4.78, 5) is 36.9. The van der Waals surface area contributed by atoms with Crippen molar-refractivity contribution in [2.24, 2.45) is 0 Å². The Morgan fingerprint density at radius 2 is 1.37 bits per heavy atom. The molecule has 0 aromatic carbocycles. The zero-order valence-corrected chi connectivity index (χ0v) is 32.0. The number of alkyl halides is 1. The van der Waals surface area contributed by atoms with Crippen LogP contribution in [-0.2, 0) is 61.8 Å². The molecule has 14 heteroatoms. The Kier molecular flexibility index (Phi) is 16.6. The van der Waals surface area contributed by atoms with Gasteiger partial charge in [-0.2, -0.15) is 0 Å². The largest absolute Gasteiger partial charge is 0.457 e. The molecule has 0 N–H and O–H groups in total. The van der Waals surface area contributed by atoms with Gasteiger partial charge in [-0.1, -0.05) is 64.7 Å². The first kappa shape index (κ1) is 42.1. The zero-order chi connectivity index (χ0) is 37.1. The molecule has 12 atom stereocenters. The third kappa shape index (κ3) is 12.2. The van der Waals surface area contributed by atoms with Crippen molar-refractivity contribution >= 4 is 29.3 Å². The first-order valence-electron chi connectivity index (χ1n) is 18.7. The summed E-state index contributed by atoms with van der Waals surface area (Å²) in [5.41, 5.74) is 0. The number of unbranched alkanes of at least 4 members (excludes halogenated alkanes) is 9. The standard InChI is InChI=1S/C37H59ClO13/c1-8-9-10-11-12-13-14-15-16-17-20-42-35-34-32(50-37(6,7)51-34)30(24(4)44-35)49-36-33(47-27(41)21-38)31(29(23(3)45-36)46-25(5)39)48-28-19-18-26(40)22(2)43-28/h18-19,22-24,28-36H,8-17,20-21H2,1-7H3/t22-,23-,24-,28-,29-,30-,31+,32+,33+,34+,35+,36-/m0/s1. The average Bonchev–Trinajstić information content (AvgIpc) is 3.41. The highest BCUT2D eigenvalue weighted by Crippen LogP contribution is 2.41. The smallest absolute Gasteiger partial charge is 0.321 e. The number of carbonyl (C=O) groups is 3. The van der Waals surface area contributed by atoms with Crippen molar-refractivity contribution in [1.29, 1.82) is 0 Å². The molecule has 0 radical (unpaired) electrons. The van der Waals surface area contributed by atoms with Crippen LogP contribution in [0.15, 0.2) is 12.2 Å². The second-order valence-corrected chi connectivity index (χ2v) is 14.6. The van der Waals surface area contributed by atoms with E-state index in [2.05, 4.69) is 6.92 Å². The van der Waals surface area contributed by atoms with Crippen LogP contribution in [0.2, 0.25) is 0 Å². The minimum Gasteiger partial charge on any atom is -0.457 e. The minimum absolute atomic E-state index is 0.230. The lowest BCUT2D eigenvalue weighted by atomic mass is 9.97. The van der Waals surface area contributed by atoms with Gasteiger partial charge in [-0.05, 0) is 53.2 Å². The van der Waals surface area contributed by atoms with Gasteiger partial charge >= 0.3 is 11.9 Å². The highest BCUT2D eigenvalue weighted by Gasteiger charge is 2.58. The Labute approximate surface area is 307 Å². The fourth-order valence-corrected chi connectivity index (χ4v) is 7.00. The molecule has 4 heterocycles. The number of esters is 2. The van der Waals surface area contributed by atoms with Crippen molar-refractivity contribution in [2.75, 3.05) is 12.5 Å². The number of ketones is 1. The third-order valence-electron chi connectivity index (χ3n) is 9.49. The van der Waals surface area contributed by atoms with E-state index in [4.69, 9.17) is 59.0 Å². The summed E-state index contributed by atoms with van der Waals surface area (Å²) in [6.07, 6.45) is 4.44. The molecule has 0 unspecified atom stereocenters. The fourth-order valence-electron chi connectivity index (χ4n) is 6.94. The minimum atomic E-state index is -1.28. The lowest BCUT2D eigenvalue weighted by Crippen LogP contribution is -2.64. The van der Waals surface area contributed by atoms with Crippen LogP contribution in [0.4, 0.5) is 0 Å². The molecule has 4 aliphatic rings. The zero-order valence-electron chi connectivity index (χ0n) is 31.3. The molecule has 0 aromatic rings. The number of hydrogen-bond donors (Lipinski definition) is 0. The van der Waals surface area contributed by atoms with Crippen LogP contribution in [-0.4, -0.2) is 110 Å². The first-order valence-corrected chi connectivity index (χ1v) is 19.3. The lowest BCUT2D eigenvalue weighted by molar-refractivity contribution is -0.353. The van der Waals surface area contributed by atoms with E-state index < -0.39 is 97.4 Å². The molecule has 3 fully saturated rings. The van der Waals surface area contributed by atoms with Gasteiger partial charge in [0.15, 0.2) is 42.6 Å². The molecule has 4 rings (SSSR count). The van der Waals surface area contributed by atoms with Crippen molar-refractivity contribution in [3.05, 3.63) is 12.2 Å². The predicted octanol–water partition coefficient (Wildman–Crippen LogP) is 5.66. The van der Waals surface area contributed by atoms with E-state index in [1.54, 1.807) is 13.8 Å². The first-order chi connectivity index (χ1) is 24.3. The summed E-state index contributed by atoms with van der Waals surface area (Å²) in [7, 11) is 0. The summed E-state index contributed by atoms with van der Waals surface area (Å²) in [6, 6.07) is 0. The predicted molar refractivity (Wildman–Crippen MR) is 185 cm³/mol. The molecule has 0 saturated carbocycles. The van der Waals surface area contributed by atoms with Gasteiger partial charge < -0.3 is 47.4 Å². The molecular formula is C37H59ClO13. The summed E-state index contributed by atoms with van der Waals surface area (Å²) in [6.45, 7) is 12.7.